The molecule has 0 aliphatic heterocycles. The molecule has 0 amide bonds. The van der Waals surface area contributed by atoms with Crippen molar-refractivity contribution in [3.8, 4) is 0 Å². The molecule has 0 bridgehead atoms. The Bertz CT molecular complexity index is 495. The minimum absolute atomic E-state index is 0.271. The van der Waals surface area contributed by atoms with E-state index in [0.717, 1.165) is 16.7 Å². The highest BCUT2D eigenvalue weighted by molar-refractivity contribution is 9.10. The Morgan fingerprint density at radius 2 is 2.18 bits per heavy atom. The highest BCUT2D eigenvalue weighted by Gasteiger charge is 2.08. The second-order valence-electron chi connectivity index (χ2n) is 4.01. The normalized spacial score (nSPS) is 12.6. The Balaban J connectivity index is 1.98. The van der Waals surface area contributed by atoms with Crippen LogP contribution in [-0.2, 0) is 13.6 Å². The van der Waals surface area contributed by atoms with Gasteiger partial charge >= 0.3 is 0 Å². The van der Waals surface area contributed by atoms with Crippen LogP contribution in [-0.4, -0.2) is 15.0 Å². The number of benzene rings is 1. The SMILES string of the molecule is C[C@@H](NCc1cn(C)nn1)c1ccccc1Br. The van der Waals surface area contributed by atoms with Crippen LogP contribution >= 0.6 is 15.9 Å². The zero-order valence-corrected chi connectivity index (χ0v) is 11.5. The van der Waals surface area contributed by atoms with E-state index in [9.17, 15) is 0 Å². The van der Waals surface area contributed by atoms with Crippen LogP contribution in [0.2, 0.25) is 0 Å². The Kier molecular flexibility index (Phi) is 3.91. The lowest BCUT2D eigenvalue weighted by molar-refractivity contribution is 0.565. The van der Waals surface area contributed by atoms with Crippen molar-refractivity contribution in [2.75, 3.05) is 0 Å². The van der Waals surface area contributed by atoms with E-state index < -0.39 is 0 Å². The van der Waals surface area contributed by atoms with E-state index in [1.807, 2.05) is 25.4 Å². The third-order valence-electron chi connectivity index (χ3n) is 2.61. The molecule has 1 heterocycles. The minimum Gasteiger partial charge on any atom is -0.304 e. The first-order valence-corrected chi connectivity index (χ1v) is 6.29. The number of halogens is 1. The number of hydrogen-bond acceptors (Lipinski definition) is 3. The minimum atomic E-state index is 0.271. The first-order chi connectivity index (χ1) is 8.16. The molecule has 0 spiro atoms. The number of rotatable bonds is 4. The molecule has 0 radical (unpaired) electrons. The number of nitrogens with one attached hydrogen (secondary N) is 1. The summed E-state index contributed by atoms with van der Waals surface area (Å²) in [5, 5.41) is 11.4. The van der Waals surface area contributed by atoms with Crippen LogP contribution in [0.3, 0.4) is 0 Å². The van der Waals surface area contributed by atoms with Crippen LogP contribution in [0.15, 0.2) is 34.9 Å². The molecule has 0 aliphatic rings. The Hall–Kier alpha value is -1.20. The summed E-state index contributed by atoms with van der Waals surface area (Å²) in [6.07, 6.45) is 1.92. The van der Waals surface area contributed by atoms with Gasteiger partial charge in [-0.05, 0) is 18.6 Å². The van der Waals surface area contributed by atoms with Gasteiger partial charge in [0.05, 0.1) is 5.69 Å². The lowest BCUT2D eigenvalue weighted by atomic mass is 10.1. The first-order valence-electron chi connectivity index (χ1n) is 5.50. The third kappa shape index (κ3) is 3.14. The Morgan fingerprint density at radius 1 is 1.41 bits per heavy atom. The van der Waals surface area contributed by atoms with Gasteiger partial charge in [0.25, 0.3) is 0 Å². The monoisotopic (exact) mass is 294 g/mol. The molecule has 2 aromatic rings. The van der Waals surface area contributed by atoms with Gasteiger partial charge in [-0.1, -0.05) is 39.3 Å². The zero-order valence-electron chi connectivity index (χ0n) is 9.89. The van der Waals surface area contributed by atoms with Crippen molar-refractivity contribution in [3.63, 3.8) is 0 Å². The van der Waals surface area contributed by atoms with Gasteiger partial charge < -0.3 is 5.32 Å². The third-order valence-corrected chi connectivity index (χ3v) is 3.33. The standard InChI is InChI=1S/C12H15BrN4/c1-9(11-5-3-4-6-12(11)13)14-7-10-8-17(2)16-15-10/h3-6,8-9,14H,7H2,1-2H3/t9-/m1/s1. The smallest absolute Gasteiger partial charge is 0.0964 e. The van der Waals surface area contributed by atoms with Crippen LogP contribution < -0.4 is 5.32 Å². The summed E-state index contributed by atoms with van der Waals surface area (Å²) in [4.78, 5) is 0. The van der Waals surface area contributed by atoms with Crippen LogP contribution in [0.4, 0.5) is 0 Å². The van der Waals surface area contributed by atoms with Gasteiger partial charge in [-0.15, -0.1) is 5.10 Å². The molecule has 0 fully saturated rings. The fraction of sp³-hybridized carbons (Fsp3) is 0.333. The maximum absolute atomic E-state index is 4.04. The molecular weight excluding hydrogens is 280 g/mol. The predicted octanol–water partition coefficient (Wildman–Crippen LogP) is 2.43. The number of nitrogens with zero attached hydrogens (tertiary/aromatic N) is 3. The van der Waals surface area contributed by atoms with E-state index in [0.29, 0.717) is 0 Å². The summed E-state index contributed by atoms with van der Waals surface area (Å²) in [7, 11) is 1.87. The van der Waals surface area contributed by atoms with Gasteiger partial charge in [0, 0.05) is 30.3 Å². The molecule has 1 aromatic carbocycles. The largest absolute Gasteiger partial charge is 0.304 e. The van der Waals surface area contributed by atoms with Crippen molar-refractivity contribution in [2.45, 2.75) is 19.5 Å². The fourth-order valence-corrected chi connectivity index (χ4v) is 2.30. The second kappa shape index (κ2) is 5.42. The van der Waals surface area contributed by atoms with Crippen LogP contribution in [0.1, 0.15) is 24.2 Å². The molecule has 5 heteroatoms. The van der Waals surface area contributed by atoms with Gasteiger partial charge in [-0.3, -0.25) is 4.68 Å². The lowest BCUT2D eigenvalue weighted by Crippen LogP contribution is -2.18. The van der Waals surface area contributed by atoms with Gasteiger partial charge in [0.1, 0.15) is 0 Å². The number of aromatic nitrogens is 3. The molecule has 1 N–H and O–H groups in total. The van der Waals surface area contributed by atoms with E-state index in [2.05, 4.69) is 50.6 Å². The summed E-state index contributed by atoms with van der Waals surface area (Å²) in [6.45, 7) is 2.85. The van der Waals surface area contributed by atoms with E-state index >= 15 is 0 Å². The highest BCUT2D eigenvalue weighted by Crippen LogP contribution is 2.22. The van der Waals surface area contributed by atoms with Crippen molar-refractivity contribution < 1.29 is 0 Å². The van der Waals surface area contributed by atoms with Crippen LogP contribution in [0.25, 0.3) is 0 Å². The molecule has 1 atom stereocenters. The van der Waals surface area contributed by atoms with E-state index in [4.69, 9.17) is 0 Å². The molecule has 0 saturated heterocycles. The average molecular weight is 295 g/mol. The van der Waals surface area contributed by atoms with Crippen LogP contribution in [0, 0.1) is 0 Å². The highest BCUT2D eigenvalue weighted by atomic mass is 79.9. The van der Waals surface area contributed by atoms with Crippen molar-refractivity contribution in [2.24, 2.45) is 7.05 Å². The van der Waals surface area contributed by atoms with Gasteiger partial charge in [-0.2, -0.15) is 0 Å². The maximum atomic E-state index is 4.04. The Morgan fingerprint density at radius 3 is 2.82 bits per heavy atom. The zero-order chi connectivity index (χ0) is 12.3. The van der Waals surface area contributed by atoms with Gasteiger partial charge in [0.2, 0.25) is 0 Å². The summed E-state index contributed by atoms with van der Waals surface area (Å²) in [5.74, 6) is 0. The van der Waals surface area contributed by atoms with E-state index in [1.54, 1.807) is 4.68 Å². The van der Waals surface area contributed by atoms with Crippen molar-refractivity contribution in [3.05, 3.63) is 46.2 Å². The fourth-order valence-electron chi connectivity index (χ4n) is 1.67. The number of aryl methyl sites for hydroxylation is 1. The van der Waals surface area contributed by atoms with Gasteiger partial charge in [-0.25, -0.2) is 0 Å². The molecule has 2 rings (SSSR count). The first kappa shape index (κ1) is 12.3. The quantitative estimate of drug-likeness (QED) is 0.942. The summed E-state index contributed by atoms with van der Waals surface area (Å²) >= 11 is 3.56. The molecule has 0 aliphatic carbocycles. The lowest BCUT2D eigenvalue weighted by Gasteiger charge is -2.14. The average Bonchev–Trinajstić information content (AvgIpc) is 2.73. The molecular formula is C12H15BrN4. The predicted molar refractivity (Wildman–Crippen MR) is 70.4 cm³/mol. The summed E-state index contributed by atoms with van der Waals surface area (Å²) < 4.78 is 2.83. The Labute approximate surface area is 109 Å². The molecule has 0 unspecified atom stereocenters. The van der Waals surface area contributed by atoms with Gasteiger partial charge in [0.15, 0.2) is 0 Å². The second-order valence-corrected chi connectivity index (χ2v) is 4.86. The van der Waals surface area contributed by atoms with E-state index in [-0.39, 0.29) is 6.04 Å². The topological polar surface area (TPSA) is 42.7 Å². The molecule has 17 heavy (non-hydrogen) atoms. The maximum Gasteiger partial charge on any atom is 0.0964 e. The molecule has 4 nitrogen and oxygen atoms in total. The number of hydrogen-bond donors (Lipinski definition) is 1. The molecule has 90 valence electrons. The van der Waals surface area contributed by atoms with E-state index in [1.165, 1.54) is 5.56 Å². The van der Waals surface area contributed by atoms with Crippen molar-refractivity contribution in [1.82, 2.24) is 20.3 Å². The van der Waals surface area contributed by atoms with Crippen molar-refractivity contribution >= 4 is 15.9 Å². The molecule has 0 saturated carbocycles. The summed E-state index contributed by atoms with van der Waals surface area (Å²) in [6, 6.07) is 8.49. The van der Waals surface area contributed by atoms with Crippen molar-refractivity contribution in [1.29, 1.82) is 0 Å². The molecule has 1 aromatic heterocycles. The van der Waals surface area contributed by atoms with Crippen LogP contribution in [0.5, 0.6) is 0 Å². The summed E-state index contributed by atoms with van der Waals surface area (Å²) in [5.41, 5.74) is 2.20.